The molecule has 1 aliphatic heterocycles. The van der Waals surface area contributed by atoms with Crippen LogP contribution in [0.3, 0.4) is 0 Å². The van der Waals surface area contributed by atoms with Gasteiger partial charge in [0, 0.05) is 19.3 Å². The van der Waals surface area contributed by atoms with Gasteiger partial charge in [0.25, 0.3) is 0 Å². The summed E-state index contributed by atoms with van der Waals surface area (Å²) in [6.07, 6.45) is 2.13. The first-order valence-electron chi connectivity index (χ1n) is 6.82. The van der Waals surface area contributed by atoms with Crippen LogP contribution in [0.1, 0.15) is 6.42 Å². The Labute approximate surface area is 141 Å². The molecule has 2 heterocycles. The number of nitrogens with one attached hydrogen (secondary N) is 3. The molecule has 0 amide bonds. The normalized spacial score (nSPS) is 16.9. The van der Waals surface area contributed by atoms with Crippen molar-refractivity contribution in [2.75, 3.05) is 23.7 Å². The summed E-state index contributed by atoms with van der Waals surface area (Å²) < 4.78 is 27.7. The van der Waals surface area contributed by atoms with E-state index in [1.165, 1.54) is 12.1 Å². The predicted molar refractivity (Wildman–Crippen MR) is 89.4 cm³/mol. The molecule has 1 aromatic heterocycles. The number of hydrogen-bond acceptors (Lipinski definition) is 7. The highest BCUT2D eigenvalue weighted by Crippen LogP contribution is 2.33. The molecule has 0 fully saturated rings. The zero-order chi connectivity index (χ0) is 16.4. The van der Waals surface area contributed by atoms with Gasteiger partial charge in [-0.25, -0.2) is 18.1 Å². The fourth-order valence-corrected chi connectivity index (χ4v) is 3.61. The van der Waals surface area contributed by atoms with Crippen molar-refractivity contribution in [1.82, 2.24) is 14.7 Å². The van der Waals surface area contributed by atoms with E-state index in [-0.39, 0.29) is 28.8 Å². The molecule has 122 valence electrons. The first-order chi connectivity index (χ1) is 11.0. The van der Waals surface area contributed by atoms with Gasteiger partial charge in [-0.2, -0.15) is 4.98 Å². The van der Waals surface area contributed by atoms with Crippen LogP contribution in [-0.2, 0) is 10.0 Å². The van der Waals surface area contributed by atoms with Crippen LogP contribution in [0.15, 0.2) is 33.8 Å². The summed E-state index contributed by atoms with van der Waals surface area (Å²) in [4.78, 5) is 8.22. The number of benzene rings is 1. The average Bonchev–Trinajstić information content (AvgIpc) is 2.51. The zero-order valence-electron chi connectivity index (χ0n) is 11.9. The first-order valence-corrected chi connectivity index (χ1v) is 9.10. The lowest BCUT2D eigenvalue weighted by atomic mass is 10.3. The fraction of sp³-hybridized carbons (Fsp3) is 0.231. The van der Waals surface area contributed by atoms with Crippen LogP contribution in [0.5, 0.6) is 5.75 Å². The average molecular weight is 400 g/mol. The van der Waals surface area contributed by atoms with E-state index in [1.54, 1.807) is 12.3 Å². The SMILES string of the molecule is O=S1(=O)NCCCNc2nc(ncc2Br)Nc2cccc1c2O. The molecule has 0 unspecified atom stereocenters. The lowest BCUT2D eigenvalue weighted by molar-refractivity contribution is 0.460. The third kappa shape index (κ3) is 3.38. The summed E-state index contributed by atoms with van der Waals surface area (Å²) in [5.41, 5.74) is 0.209. The zero-order valence-corrected chi connectivity index (χ0v) is 14.3. The summed E-state index contributed by atoms with van der Waals surface area (Å²) in [5.74, 6) is 0.452. The van der Waals surface area contributed by atoms with Crippen molar-refractivity contribution in [3.63, 3.8) is 0 Å². The highest BCUT2D eigenvalue weighted by Gasteiger charge is 2.21. The second-order valence-corrected chi connectivity index (χ2v) is 7.44. The van der Waals surface area contributed by atoms with Crippen LogP contribution in [0, 0.1) is 0 Å². The minimum absolute atomic E-state index is 0.188. The molecule has 2 aromatic rings. The molecular weight excluding hydrogens is 386 g/mol. The van der Waals surface area contributed by atoms with Gasteiger partial charge >= 0.3 is 0 Å². The molecule has 0 saturated carbocycles. The number of aromatic nitrogens is 2. The lowest BCUT2D eigenvalue weighted by Gasteiger charge is -2.11. The topological polar surface area (TPSA) is 116 Å². The molecule has 4 bridgehead atoms. The number of phenolic OH excluding ortho intramolecular Hbond substituents is 1. The van der Waals surface area contributed by atoms with E-state index in [1.807, 2.05) is 0 Å². The monoisotopic (exact) mass is 399 g/mol. The Balaban J connectivity index is 2.09. The van der Waals surface area contributed by atoms with Gasteiger partial charge in [0.1, 0.15) is 10.7 Å². The Kier molecular flexibility index (Phi) is 4.37. The van der Waals surface area contributed by atoms with Gasteiger partial charge in [-0.15, -0.1) is 0 Å². The van der Waals surface area contributed by atoms with Crippen molar-refractivity contribution in [2.24, 2.45) is 0 Å². The van der Waals surface area contributed by atoms with Crippen molar-refractivity contribution >= 4 is 43.4 Å². The highest BCUT2D eigenvalue weighted by atomic mass is 79.9. The Morgan fingerprint density at radius 1 is 1.26 bits per heavy atom. The van der Waals surface area contributed by atoms with E-state index in [0.29, 0.717) is 23.3 Å². The van der Waals surface area contributed by atoms with Crippen LogP contribution in [0.25, 0.3) is 0 Å². The number of phenols is 1. The Morgan fingerprint density at radius 3 is 2.91 bits per heavy atom. The summed E-state index contributed by atoms with van der Waals surface area (Å²) in [6.45, 7) is 0.767. The van der Waals surface area contributed by atoms with E-state index in [0.717, 1.165) is 0 Å². The van der Waals surface area contributed by atoms with E-state index in [2.05, 4.69) is 41.3 Å². The molecule has 0 aliphatic carbocycles. The van der Waals surface area contributed by atoms with Crippen molar-refractivity contribution in [1.29, 1.82) is 0 Å². The van der Waals surface area contributed by atoms with E-state index >= 15 is 0 Å². The number of fused-ring (bicyclic) bond motifs is 4. The van der Waals surface area contributed by atoms with Gasteiger partial charge in [0.2, 0.25) is 16.0 Å². The number of halogens is 1. The molecule has 3 rings (SSSR count). The number of hydrogen-bond donors (Lipinski definition) is 4. The molecule has 8 nitrogen and oxygen atoms in total. The number of rotatable bonds is 0. The third-order valence-electron chi connectivity index (χ3n) is 3.22. The molecule has 23 heavy (non-hydrogen) atoms. The number of nitrogens with zero attached hydrogens (tertiary/aromatic N) is 2. The fourth-order valence-electron chi connectivity index (χ4n) is 2.09. The van der Waals surface area contributed by atoms with Gasteiger partial charge in [-0.1, -0.05) is 6.07 Å². The van der Waals surface area contributed by atoms with Crippen LogP contribution in [-0.4, -0.2) is 36.6 Å². The Hall–Kier alpha value is -1.91. The van der Waals surface area contributed by atoms with Crippen LogP contribution < -0.4 is 15.4 Å². The molecular formula is C13H14BrN5O3S. The molecule has 0 atom stereocenters. The van der Waals surface area contributed by atoms with Crippen molar-refractivity contribution in [2.45, 2.75) is 11.3 Å². The van der Waals surface area contributed by atoms with Gasteiger partial charge < -0.3 is 15.7 Å². The smallest absolute Gasteiger partial charge is 0.244 e. The summed E-state index contributed by atoms with van der Waals surface area (Å²) in [6, 6.07) is 4.43. The maximum Gasteiger partial charge on any atom is 0.244 e. The molecule has 0 spiro atoms. The van der Waals surface area contributed by atoms with Crippen molar-refractivity contribution < 1.29 is 13.5 Å². The second-order valence-electron chi connectivity index (χ2n) is 4.85. The third-order valence-corrected chi connectivity index (χ3v) is 5.29. The Bertz CT molecular complexity index is 843. The van der Waals surface area contributed by atoms with Crippen molar-refractivity contribution in [3.8, 4) is 5.75 Å². The molecule has 1 aromatic carbocycles. The van der Waals surface area contributed by atoms with Crippen LogP contribution in [0.2, 0.25) is 0 Å². The maximum atomic E-state index is 12.3. The molecule has 0 saturated heterocycles. The number of sulfonamides is 1. The molecule has 10 heteroatoms. The molecule has 4 N–H and O–H groups in total. The summed E-state index contributed by atoms with van der Waals surface area (Å²) in [7, 11) is -3.79. The Morgan fingerprint density at radius 2 is 2.09 bits per heavy atom. The summed E-state index contributed by atoms with van der Waals surface area (Å²) >= 11 is 3.35. The first kappa shape index (κ1) is 16.0. The van der Waals surface area contributed by atoms with Gasteiger partial charge in [0.05, 0.1) is 10.2 Å². The van der Waals surface area contributed by atoms with Crippen LogP contribution >= 0.6 is 15.9 Å². The maximum absolute atomic E-state index is 12.3. The highest BCUT2D eigenvalue weighted by molar-refractivity contribution is 9.10. The second kappa shape index (κ2) is 6.30. The largest absolute Gasteiger partial charge is 0.504 e. The van der Waals surface area contributed by atoms with E-state index in [9.17, 15) is 13.5 Å². The molecule has 0 radical (unpaired) electrons. The predicted octanol–water partition coefficient (Wildman–Crippen LogP) is 1.78. The number of aromatic hydroxyl groups is 1. The quantitative estimate of drug-likeness (QED) is 0.498. The van der Waals surface area contributed by atoms with Crippen molar-refractivity contribution in [3.05, 3.63) is 28.9 Å². The van der Waals surface area contributed by atoms with E-state index < -0.39 is 10.0 Å². The van der Waals surface area contributed by atoms with Gasteiger partial charge in [-0.05, 0) is 34.5 Å². The van der Waals surface area contributed by atoms with E-state index in [4.69, 9.17) is 0 Å². The van der Waals surface area contributed by atoms with Crippen LogP contribution in [0.4, 0.5) is 17.5 Å². The minimum atomic E-state index is -3.79. The summed E-state index contributed by atoms with van der Waals surface area (Å²) in [5, 5.41) is 16.2. The standard InChI is InChI=1S/C13H14BrN5O3S/c14-8-7-16-13-18-9-3-1-4-10(11(9)20)23(21,22)17-6-2-5-15-12(8)19-13/h1,3-4,7,17,20H,2,5-6H2,(H2,15,16,18,19). The lowest BCUT2D eigenvalue weighted by Crippen LogP contribution is -2.26. The number of para-hydroxylation sites is 1. The molecule has 1 aliphatic rings. The van der Waals surface area contributed by atoms with Gasteiger partial charge in [-0.3, -0.25) is 0 Å². The minimum Gasteiger partial charge on any atom is -0.504 e. The van der Waals surface area contributed by atoms with Gasteiger partial charge in [0.15, 0.2) is 5.75 Å². The number of anilines is 3.